The average Bonchev–Trinajstić information content (AvgIpc) is 2.90. The van der Waals surface area contributed by atoms with E-state index in [4.69, 9.17) is 0 Å². The fraction of sp³-hybridized carbons (Fsp3) is 0.259. The molecule has 10 nitrogen and oxygen atoms in total. The molecule has 0 unspecified atom stereocenters. The molecule has 0 radical (unpaired) electrons. The predicted molar refractivity (Wildman–Crippen MR) is 144 cm³/mol. The number of rotatable bonds is 11. The van der Waals surface area contributed by atoms with Crippen LogP contribution in [0.15, 0.2) is 89.8 Å². The highest BCUT2D eigenvalue weighted by Gasteiger charge is 2.33. The summed E-state index contributed by atoms with van der Waals surface area (Å²) in [6.07, 6.45) is 0. The number of anilines is 1. The van der Waals surface area contributed by atoms with E-state index in [1.807, 2.05) is 6.07 Å². The zero-order chi connectivity index (χ0) is 27.9. The number of sulfonamides is 1. The standard InChI is InChI=1S/C27H30N4O6S/c1-20(2)28-27(33)21(3)29(18-22-11-6-4-7-12-22)26(32)19-30(23-13-10-14-24(17-23)31(34)35)38(36,37)25-15-8-5-9-16-25/h4-17,20-21H,18-19H2,1-3H3,(H,28,33)/t21-/m1/s1. The number of non-ortho nitro benzene ring substituents is 1. The van der Waals surface area contributed by atoms with Crippen molar-refractivity contribution in [2.24, 2.45) is 0 Å². The normalized spacial score (nSPS) is 12.0. The van der Waals surface area contributed by atoms with Crippen LogP contribution in [0.1, 0.15) is 26.3 Å². The first-order valence-corrected chi connectivity index (χ1v) is 13.4. The first-order chi connectivity index (χ1) is 18.0. The van der Waals surface area contributed by atoms with Crippen molar-refractivity contribution >= 4 is 33.2 Å². The van der Waals surface area contributed by atoms with Crippen molar-refractivity contribution in [3.63, 3.8) is 0 Å². The quantitative estimate of drug-likeness (QED) is 0.292. The van der Waals surface area contributed by atoms with Crippen molar-refractivity contribution in [3.05, 3.63) is 101 Å². The van der Waals surface area contributed by atoms with Gasteiger partial charge < -0.3 is 10.2 Å². The van der Waals surface area contributed by atoms with E-state index in [1.54, 1.807) is 63.2 Å². The van der Waals surface area contributed by atoms with Crippen LogP contribution in [0.3, 0.4) is 0 Å². The first-order valence-electron chi connectivity index (χ1n) is 12.0. The SMILES string of the molecule is CC(C)NC(=O)[C@@H](C)N(Cc1ccccc1)C(=O)CN(c1cccc([N+](=O)[O-])c1)S(=O)(=O)c1ccccc1. The van der Waals surface area contributed by atoms with E-state index < -0.39 is 39.3 Å². The van der Waals surface area contributed by atoms with E-state index in [-0.39, 0.29) is 28.9 Å². The molecule has 0 saturated carbocycles. The molecule has 0 aliphatic rings. The van der Waals surface area contributed by atoms with Crippen molar-refractivity contribution < 1.29 is 22.9 Å². The highest BCUT2D eigenvalue weighted by molar-refractivity contribution is 7.92. The Kier molecular flexibility index (Phi) is 9.19. The third-order valence-electron chi connectivity index (χ3n) is 5.73. The van der Waals surface area contributed by atoms with Gasteiger partial charge in [0.1, 0.15) is 12.6 Å². The van der Waals surface area contributed by atoms with Gasteiger partial charge >= 0.3 is 0 Å². The van der Waals surface area contributed by atoms with Crippen LogP contribution in [-0.2, 0) is 26.2 Å². The third-order valence-corrected chi connectivity index (χ3v) is 7.52. The molecular weight excluding hydrogens is 508 g/mol. The molecule has 0 spiro atoms. The summed E-state index contributed by atoms with van der Waals surface area (Å²) in [6, 6.07) is 20.5. The lowest BCUT2D eigenvalue weighted by molar-refractivity contribution is -0.384. The molecule has 38 heavy (non-hydrogen) atoms. The molecule has 0 heterocycles. The Labute approximate surface area is 222 Å². The number of nitrogens with zero attached hydrogens (tertiary/aromatic N) is 3. The maximum Gasteiger partial charge on any atom is 0.271 e. The van der Waals surface area contributed by atoms with Crippen molar-refractivity contribution in [3.8, 4) is 0 Å². The van der Waals surface area contributed by atoms with Gasteiger partial charge in [0.2, 0.25) is 11.8 Å². The van der Waals surface area contributed by atoms with Crippen LogP contribution in [0, 0.1) is 10.1 Å². The van der Waals surface area contributed by atoms with Crippen molar-refractivity contribution in [2.75, 3.05) is 10.8 Å². The summed E-state index contributed by atoms with van der Waals surface area (Å²) in [5.74, 6) is -1.04. The fourth-order valence-electron chi connectivity index (χ4n) is 3.78. The third kappa shape index (κ3) is 6.94. The van der Waals surface area contributed by atoms with E-state index >= 15 is 0 Å². The topological polar surface area (TPSA) is 130 Å². The largest absolute Gasteiger partial charge is 0.352 e. The molecule has 0 aliphatic carbocycles. The van der Waals surface area contributed by atoms with E-state index in [2.05, 4.69) is 5.32 Å². The van der Waals surface area contributed by atoms with Gasteiger partial charge in [-0.3, -0.25) is 24.0 Å². The van der Waals surface area contributed by atoms with E-state index in [0.717, 1.165) is 15.9 Å². The number of nitrogens with one attached hydrogen (secondary N) is 1. The minimum Gasteiger partial charge on any atom is -0.352 e. The number of benzene rings is 3. The minimum absolute atomic E-state index is 0.0460. The van der Waals surface area contributed by atoms with Crippen LogP contribution in [0.25, 0.3) is 0 Å². The van der Waals surface area contributed by atoms with Gasteiger partial charge in [0.25, 0.3) is 15.7 Å². The highest BCUT2D eigenvalue weighted by atomic mass is 32.2. The van der Waals surface area contributed by atoms with Crippen LogP contribution in [0.2, 0.25) is 0 Å². The van der Waals surface area contributed by atoms with Gasteiger partial charge in [-0.1, -0.05) is 54.6 Å². The number of carbonyl (C=O) groups is 2. The van der Waals surface area contributed by atoms with Crippen molar-refractivity contribution in [2.45, 2.75) is 44.3 Å². The summed E-state index contributed by atoms with van der Waals surface area (Å²) in [5.41, 5.74) is 0.377. The Balaban J connectivity index is 2.05. The monoisotopic (exact) mass is 538 g/mol. The molecule has 0 aliphatic heterocycles. The Morgan fingerprint density at radius 1 is 0.921 bits per heavy atom. The van der Waals surface area contributed by atoms with Gasteiger partial charge in [-0.05, 0) is 44.5 Å². The van der Waals surface area contributed by atoms with Gasteiger partial charge in [0.05, 0.1) is 15.5 Å². The lowest BCUT2D eigenvalue weighted by atomic mass is 10.1. The molecule has 0 aromatic heterocycles. The molecule has 3 rings (SSSR count). The first kappa shape index (κ1) is 28.3. The number of hydrogen-bond donors (Lipinski definition) is 1. The van der Waals surface area contributed by atoms with Crippen LogP contribution >= 0.6 is 0 Å². The molecule has 200 valence electrons. The summed E-state index contributed by atoms with van der Waals surface area (Å²) in [6.45, 7) is 4.54. The summed E-state index contributed by atoms with van der Waals surface area (Å²) in [7, 11) is -4.30. The van der Waals surface area contributed by atoms with Gasteiger partial charge in [0, 0.05) is 24.7 Å². The van der Waals surface area contributed by atoms with Crippen LogP contribution in [0.4, 0.5) is 11.4 Å². The molecule has 0 bridgehead atoms. The van der Waals surface area contributed by atoms with Crippen LogP contribution < -0.4 is 9.62 Å². The average molecular weight is 539 g/mol. The zero-order valence-corrected chi connectivity index (χ0v) is 22.2. The summed E-state index contributed by atoms with van der Waals surface area (Å²) >= 11 is 0. The van der Waals surface area contributed by atoms with E-state index in [1.165, 1.54) is 35.2 Å². The molecule has 3 aromatic rings. The Morgan fingerprint density at radius 3 is 2.11 bits per heavy atom. The molecular formula is C27H30N4O6S. The molecule has 1 N–H and O–H groups in total. The molecule has 1 atom stereocenters. The maximum absolute atomic E-state index is 13.8. The highest BCUT2D eigenvalue weighted by Crippen LogP contribution is 2.27. The second-order valence-corrected chi connectivity index (χ2v) is 10.8. The van der Waals surface area contributed by atoms with E-state index in [9.17, 15) is 28.1 Å². The molecule has 0 fully saturated rings. The lowest BCUT2D eigenvalue weighted by Crippen LogP contribution is -2.52. The smallest absolute Gasteiger partial charge is 0.271 e. The molecule has 3 aromatic carbocycles. The van der Waals surface area contributed by atoms with E-state index in [0.29, 0.717) is 0 Å². The summed E-state index contributed by atoms with van der Waals surface area (Å²) in [5, 5.41) is 14.2. The molecule has 2 amide bonds. The Bertz CT molecular complexity index is 1380. The van der Waals surface area contributed by atoms with Crippen molar-refractivity contribution in [1.82, 2.24) is 10.2 Å². The molecule has 11 heteroatoms. The number of nitro benzene ring substituents is 1. The summed E-state index contributed by atoms with van der Waals surface area (Å²) in [4.78, 5) is 38.6. The van der Waals surface area contributed by atoms with Crippen molar-refractivity contribution in [1.29, 1.82) is 0 Å². The second kappa shape index (κ2) is 12.3. The maximum atomic E-state index is 13.8. The Hall–Kier alpha value is -4.25. The second-order valence-electron chi connectivity index (χ2n) is 8.95. The number of hydrogen-bond acceptors (Lipinski definition) is 6. The number of amides is 2. The van der Waals surface area contributed by atoms with Gasteiger partial charge in [0.15, 0.2) is 0 Å². The lowest BCUT2D eigenvalue weighted by Gasteiger charge is -2.32. The predicted octanol–water partition coefficient (Wildman–Crippen LogP) is 3.73. The van der Waals surface area contributed by atoms with Crippen LogP contribution in [0.5, 0.6) is 0 Å². The number of carbonyl (C=O) groups excluding carboxylic acids is 2. The van der Waals surface area contributed by atoms with Gasteiger partial charge in [-0.15, -0.1) is 0 Å². The molecule has 0 saturated heterocycles. The zero-order valence-electron chi connectivity index (χ0n) is 21.4. The minimum atomic E-state index is -4.30. The van der Waals surface area contributed by atoms with Gasteiger partial charge in [-0.25, -0.2) is 8.42 Å². The number of nitro groups is 1. The fourth-order valence-corrected chi connectivity index (χ4v) is 5.21. The summed E-state index contributed by atoms with van der Waals surface area (Å²) < 4.78 is 28.2. The Morgan fingerprint density at radius 2 is 1.53 bits per heavy atom. The van der Waals surface area contributed by atoms with Gasteiger partial charge in [-0.2, -0.15) is 0 Å². The van der Waals surface area contributed by atoms with Crippen LogP contribution in [-0.4, -0.2) is 48.7 Å².